The second kappa shape index (κ2) is 9.02. The highest BCUT2D eigenvalue weighted by Crippen LogP contribution is 2.30. The SMILES string of the molecule is COc1ccc2[nH]c(C(=O)N3CCCC(c4ncc(Cc5ccccc5OC)o4)C3)cc2c1. The number of piperidine rings is 1. The molecule has 2 aromatic heterocycles. The maximum atomic E-state index is 13.2. The van der Waals surface area contributed by atoms with E-state index in [4.69, 9.17) is 13.9 Å². The first kappa shape index (κ1) is 21.1. The highest BCUT2D eigenvalue weighted by Gasteiger charge is 2.29. The fourth-order valence-electron chi connectivity index (χ4n) is 4.52. The van der Waals surface area contributed by atoms with Crippen LogP contribution < -0.4 is 9.47 Å². The number of aromatic amines is 1. The van der Waals surface area contributed by atoms with Crippen LogP contribution >= 0.6 is 0 Å². The Labute approximate surface area is 192 Å². The number of carbonyl (C=O) groups is 1. The van der Waals surface area contributed by atoms with Crippen LogP contribution in [0.1, 0.15) is 46.5 Å². The summed E-state index contributed by atoms with van der Waals surface area (Å²) in [6.45, 7) is 1.31. The number of nitrogens with one attached hydrogen (secondary N) is 1. The van der Waals surface area contributed by atoms with Gasteiger partial charge in [0.25, 0.3) is 5.91 Å². The molecular weight excluding hydrogens is 418 g/mol. The van der Waals surface area contributed by atoms with E-state index in [9.17, 15) is 4.79 Å². The standard InChI is InChI=1S/C26H27N3O4/c1-31-20-9-10-22-19(13-20)14-23(28-22)26(30)29-11-5-7-18(16-29)25-27-15-21(33-25)12-17-6-3-4-8-24(17)32-2/h3-4,6,8-10,13-15,18,28H,5,7,11-12,16H2,1-2H3. The average molecular weight is 446 g/mol. The van der Waals surface area contributed by atoms with Crippen LogP contribution in [0.5, 0.6) is 11.5 Å². The number of H-pyrrole nitrogens is 1. The Balaban J connectivity index is 1.29. The molecule has 0 aliphatic carbocycles. The van der Waals surface area contributed by atoms with Gasteiger partial charge in [0.1, 0.15) is 23.0 Å². The number of fused-ring (bicyclic) bond motifs is 1. The van der Waals surface area contributed by atoms with E-state index in [1.807, 2.05) is 53.4 Å². The Morgan fingerprint density at radius 2 is 2.06 bits per heavy atom. The van der Waals surface area contributed by atoms with E-state index >= 15 is 0 Å². The second-order valence-electron chi connectivity index (χ2n) is 8.38. The van der Waals surface area contributed by atoms with Crippen molar-refractivity contribution in [1.29, 1.82) is 0 Å². The van der Waals surface area contributed by atoms with Gasteiger partial charge in [-0.2, -0.15) is 0 Å². The first-order valence-electron chi connectivity index (χ1n) is 11.2. The summed E-state index contributed by atoms with van der Waals surface area (Å²) in [6.07, 6.45) is 4.26. The van der Waals surface area contributed by atoms with Gasteiger partial charge < -0.3 is 23.8 Å². The molecule has 7 heteroatoms. The zero-order valence-electron chi connectivity index (χ0n) is 18.8. The fraction of sp³-hybridized carbons (Fsp3) is 0.308. The largest absolute Gasteiger partial charge is 0.497 e. The van der Waals surface area contributed by atoms with Gasteiger partial charge in [-0.15, -0.1) is 0 Å². The summed E-state index contributed by atoms with van der Waals surface area (Å²) < 4.78 is 16.8. The lowest BCUT2D eigenvalue weighted by Crippen LogP contribution is -2.39. The van der Waals surface area contributed by atoms with Gasteiger partial charge in [-0.1, -0.05) is 18.2 Å². The van der Waals surface area contributed by atoms with Crippen LogP contribution in [-0.2, 0) is 6.42 Å². The van der Waals surface area contributed by atoms with Crippen LogP contribution in [0.15, 0.2) is 59.1 Å². The number of methoxy groups -OCH3 is 2. The second-order valence-corrected chi connectivity index (χ2v) is 8.38. The number of carbonyl (C=O) groups excluding carboxylic acids is 1. The molecular formula is C26H27N3O4. The van der Waals surface area contributed by atoms with Crippen molar-refractivity contribution in [3.8, 4) is 11.5 Å². The molecule has 4 aromatic rings. The van der Waals surface area contributed by atoms with Crippen molar-refractivity contribution in [3.05, 3.63) is 77.6 Å². The molecule has 1 atom stereocenters. The molecule has 1 unspecified atom stereocenters. The van der Waals surface area contributed by atoms with Crippen LogP contribution in [0.25, 0.3) is 10.9 Å². The molecule has 0 radical (unpaired) electrons. The summed E-state index contributed by atoms with van der Waals surface area (Å²) in [5.41, 5.74) is 2.56. The van der Waals surface area contributed by atoms with Crippen molar-refractivity contribution >= 4 is 16.8 Å². The molecule has 170 valence electrons. The Morgan fingerprint density at radius 3 is 2.91 bits per heavy atom. The van der Waals surface area contributed by atoms with E-state index < -0.39 is 0 Å². The predicted molar refractivity (Wildman–Crippen MR) is 125 cm³/mol. The third-order valence-corrected chi connectivity index (χ3v) is 6.24. The van der Waals surface area contributed by atoms with Gasteiger partial charge >= 0.3 is 0 Å². The number of ether oxygens (including phenoxy) is 2. The molecule has 3 heterocycles. The number of likely N-dealkylation sites (tertiary alicyclic amines) is 1. The van der Waals surface area contributed by atoms with Gasteiger partial charge in [-0.05, 0) is 43.2 Å². The fourth-order valence-corrected chi connectivity index (χ4v) is 4.52. The molecule has 0 spiro atoms. The van der Waals surface area contributed by atoms with Gasteiger partial charge in [-0.25, -0.2) is 4.98 Å². The number of benzene rings is 2. The minimum Gasteiger partial charge on any atom is -0.497 e. The average Bonchev–Trinajstić information content (AvgIpc) is 3.50. The quantitative estimate of drug-likeness (QED) is 0.462. The molecule has 1 N–H and O–H groups in total. The predicted octanol–water partition coefficient (Wildman–Crippen LogP) is 4.78. The van der Waals surface area contributed by atoms with E-state index in [2.05, 4.69) is 9.97 Å². The zero-order chi connectivity index (χ0) is 22.8. The summed E-state index contributed by atoms with van der Waals surface area (Å²) in [7, 11) is 3.31. The summed E-state index contributed by atoms with van der Waals surface area (Å²) in [5.74, 6) is 3.17. The van der Waals surface area contributed by atoms with Crippen molar-refractivity contribution in [2.45, 2.75) is 25.2 Å². The van der Waals surface area contributed by atoms with E-state index in [-0.39, 0.29) is 11.8 Å². The molecule has 1 amide bonds. The normalized spacial score (nSPS) is 16.2. The molecule has 1 aliphatic heterocycles. The number of para-hydroxylation sites is 1. The maximum absolute atomic E-state index is 13.2. The van der Waals surface area contributed by atoms with Gasteiger partial charge in [-0.3, -0.25) is 4.79 Å². The molecule has 5 rings (SSSR count). The maximum Gasteiger partial charge on any atom is 0.270 e. The molecule has 0 bridgehead atoms. The van der Waals surface area contributed by atoms with Gasteiger partial charge in [0, 0.05) is 36.0 Å². The molecule has 7 nitrogen and oxygen atoms in total. The Kier molecular flexibility index (Phi) is 5.77. The smallest absolute Gasteiger partial charge is 0.270 e. The number of amides is 1. The lowest BCUT2D eigenvalue weighted by molar-refractivity contribution is 0.0693. The Bertz CT molecular complexity index is 1280. The highest BCUT2D eigenvalue weighted by atomic mass is 16.5. The summed E-state index contributed by atoms with van der Waals surface area (Å²) in [5, 5.41) is 0.958. The zero-order valence-corrected chi connectivity index (χ0v) is 18.8. The Hall–Kier alpha value is -3.74. The van der Waals surface area contributed by atoms with E-state index in [0.29, 0.717) is 24.6 Å². The summed E-state index contributed by atoms with van der Waals surface area (Å²) >= 11 is 0. The Morgan fingerprint density at radius 1 is 1.18 bits per heavy atom. The van der Waals surface area contributed by atoms with Crippen molar-refractivity contribution in [2.75, 3.05) is 27.3 Å². The number of aromatic nitrogens is 2. The van der Waals surface area contributed by atoms with E-state index in [0.717, 1.165) is 53.1 Å². The number of hydrogen-bond acceptors (Lipinski definition) is 5. The molecule has 1 saturated heterocycles. The van der Waals surface area contributed by atoms with Crippen LogP contribution in [-0.4, -0.2) is 48.1 Å². The van der Waals surface area contributed by atoms with Gasteiger partial charge in [0.05, 0.1) is 26.3 Å². The minimum atomic E-state index is -0.00401. The van der Waals surface area contributed by atoms with Crippen LogP contribution in [0, 0.1) is 0 Å². The van der Waals surface area contributed by atoms with Crippen molar-refractivity contribution < 1.29 is 18.7 Å². The molecule has 1 aliphatic rings. The lowest BCUT2D eigenvalue weighted by atomic mass is 9.97. The van der Waals surface area contributed by atoms with Gasteiger partial charge in [0.2, 0.25) is 0 Å². The van der Waals surface area contributed by atoms with Crippen LogP contribution in [0.2, 0.25) is 0 Å². The van der Waals surface area contributed by atoms with Gasteiger partial charge in [0.15, 0.2) is 5.89 Å². The number of rotatable bonds is 6. The summed E-state index contributed by atoms with van der Waals surface area (Å²) in [4.78, 5) is 22.9. The minimum absolute atomic E-state index is 0.00401. The summed E-state index contributed by atoms with van der Waals surface area (Å²) in [6, 6.07) is 15.5. The first-order chi connectivity index (χ1) is 16.1. The molecule has 0 saturated carbocycles. The van der Waals surface area contributed by atoms with Crippen LogP contribution in [0.4, 0.5) is 0 Å². The lowest BCUT2D eigenvalue weighted by Gasteiger charge is -2.31. The number of nitrogens with zero attached hydrogens (tertiary/aromatic N) is 2. The molecule has 33 heavy (non-hydrogen) atoms. The third-order valence-electron chi connectivity index (χ3n) is 6.24. The van der Waals surface area contributed by atoms with E-state index in [1.54, 1.807) is 20.4 Å². The van der Waals surface area contributed by atoms with Crippen LogP contribution in [0.3, 0.4) is 0 Å². The van der Waals surface area contributed by atoms with Crippen molar-refractivity contribution in [3.63, 3.8) is 0 Å². The third kappa shape index (κ3) is 4.31. The topological polar surface area (TPSA) is 80.6 Å². The van der Waals surface area contributed by atoms with Crippen molar-refractivity contribution in [1.82, 2.24) is 14.9 Å². The van der Waals surface area contributed by atoms with Crippen molar-refractivity contribution in [2.24, 2.45) is 0 Å². The number of oxazole rings is 1. The first-order valence-corrected chi connectivity index (χ1v) is 11.2. The monoisotopic (exact) mass is 445 g/mol. The molecule has 2 aromatic carbocycles. The molecule has 1 fully saturated rings. The number of hydrogen-bond donors (Lipinski definition) is 1. The van der Waals surface area contributed by atoms with E-state index in [1.165, 1.54) is 0 Å². The highest BCUT2D eigenvalue weighted by molar-refractivity contribution is 5.98.